The van der Waals surface area contributed by atoms with Crippen LogP contribution in [0.3, 0.4) is 0 Å². The van der Waals surface area contributed by atoms with E-state index in [-0.39, 0.29) is 5.82 Å². The van der Waals surface area contributed by atoms with Gasteiger partial charge in [0.05, 0.1) is 47.6 Å². The van der Waals surface area contributed by atoms with E-state index < -0.39 is 0 Å². The lowest BCUT2D eigenvalue weighted by Crippen LogP contribution is -2.08. The molecule has 0 saturated heterocycles. The van der Waals surface area contributed by atoms with E-state index in [0.717, 1.165) is 50.1 Å². The van der Waals surface area contributed by atoms with Gasteiger partial charge in [-0.15, -0.1) is 0 Å². The van der Waals surface area contributed by atoms with Gasteiger partial charge in [-0.05, 0) is 42.0 Å². The van der Waals surface area contributed by atoms with E-state index >= 15 is 0 Å². The number of hydrogen-bond donors (Lipinski definition) is 2. The second-order valence-electron chi connectivity index (χ2n) is 8.70. The third-order valence-electron chi connectivity index (χ3n) is 6.16. The van der Waals surface area contributed by atoms with Crippen molar-refractivity contribution in [3.05, 3.63) is 73.1 Å². The molecule has 0 unspecified atom stereocenters. The maximum atomic E-state index is 14.2. The summed E-state index contributed by atoms with van der Waals surface area (Å²) in [5.74, 6) is 0.0700. The van der Waals surface area contributed by atoms with Gasteiger partial charge >= 0.3 is 0 Å². The topological polar surface area (TPSA) is 95.6 Å². The zero-order chi connectivity index (χ0) is 24.8. The second kappa shape index (κ2) is 8.46. The fraction of sp³-hybridized carbons (Fsp3) is 0.111. The van der Waals surface area contributed by atoms with Gasteiger partial charge in [-0.25, -0.2) is 9.37 Å². The first kappa shape index (κ1) is 21.7. The van der Waals surface area contributed by atoms with Gasteiger partial charge in [0.2, 0.25) is 0 Å². The minimum absolute atomic E-state index is 0.375. The van der Waals surface area contributed by atoms with Crippen molar-refractivity contribution in [3.63, 3.8) is 0 Å². The van der Waals surface area contributed by atoms with Crippen LogP contribution in [-0.2, 0) is 0 Å². The first-order chi connectivity index (χ1) is 17.5. The lowest BCUT2D eigenvalue weighted by atomic mass is 10.0. The van der Waals surface area contributed by atoms with Gasteiger partial charge in [-0.1, -0.05) is 0 Å². The van der Waals surface area contributed by atoms with Crippen molar-refractivity contribution in [2.45, 2.75) is 0 Å². The maximum Gasteiger partial charge on any atom is 0.135 e. The highest BCUT2D eigenvalue weighted by atomic mass is 19.1. The summed E-state index contributed by atoms with van der Waals surface area (Å²) in [5, 5.41) is 8.50. The molecule has 0 aliphatic rings. The van der Waals surface area contributed by atoms with Crippen LogP contribution in [0.15, 0.2) is 67.3 Å². The summed E-state index contributed by atoms with van der Waals surface area (Å²) in [7, 11) is 5.47. The number of hydrogen-bond acceptors (Lipinski definition) is 6. The summed E-state index contributed by atoms with van der Waals surface area (Å²) in [6.45, 7) is 0. The molecule has 0 radical (unpaired) electrons. The van der Waals surface area contributed by atoms with Crippen LogP contribution in [0.2, 0.25) is 0 Å². The number of ether oxygens (including phenoxy) is 1. The van der Waals surface area contributed by atoms with Crippen molar-refractivity contribution in [1.82, 2.24) is 30.1 Å². The molecule has 0 fully saturated rings. The number of fused-ring (bicyclic) bond motifs is 2. The van der Waals surface area contributed by atoms with E-state index in [4.69, 9.17) is 9.72 Å². The number of aromatic amines is 2. The van der Waals surface area contributed by atoms with Gasteiger partial charge in [0.15, 0.2) is 0 Å². The smallest absolute Gasteiger partial charge is 0.135 e. The lowest BCUT2D eigenvalue weighted by molar-refractivity contribution is 0.411. The fourth-order valence-electron chi connectivity index (χ4n) is 4.30. The second-order valence-corrected chi connectivity index (χ2v) is 8.70. The molecule has 0 saturated carbocycles. The number of methoxy groups -OCH3 is 1. The molecule has 0 amide bonds. The first-order valence-corrected chi connectivity index (χ1v) is 11.3. The molecule has 0 atom stereocenters. The van der Waals surface area contributed by atoms with Crippen LogP contribution < -0.4 is 9.64 Å². The molecular weight excluding hydrogens is 457 g/mol. The van der Waals surface area contributed by atoms with Crippen molar-refractivity contribution in [3.8, 4) is 39.5 Å². The Labute approximate surface area is 205 Å². The van der Waals surface area contributed by atoms with Gasteiger partial charge in [-0.2, -0.15) is 5.10 Å². The van der Waals surface area contributed by atoms with Gasteiger partial charge in [0.25, 0.3) is 0 Å². The number of pyridine rings is 3. The van der Waals surface area contributed by atoms with E-state index in [1.807, 2.05) is 43.4 Å². The molecule has 6 aromatic rings. The highest BCUT2D eigenvalue weighted by Gasteiger charge is 2.16. The highest BCUT2D eigenvalue weighted by molar-refractivity contribution is 6.00. The molecule has 5 heterocycles. The van der Waals surface area contributed by atoms with Crippen molar-refractivity contribution >= 4 is 27.6 Å². The minimum atomic E-state index is -0.375. The van der Waals surface area contributed by atoms with E-state index in [9.17, 15) is 4.39 Å². The van der Waals surface area contributed by atoms with Crippen LogP contribution in [0.25, 0.3) is 55.7 Å². The largest absolute Gasteiger partial charge is 0.497 e. The summed E-state index contributed by atoms with van der Waals surface area (Å²) in [6.07, 6.45) is 7.08. The number of aromatic nitrogens is 6. The average Bonchev–Trinajstić information content (AvgIpc) is 3.51. The van der Waals surface area contributed by atoms with Crippen LogP contribution in [0.5, 0.6) is 5.75 Å². The Morgan fingerprint density at radius 1 is 0.889 bits per heavy atom. The lowest BCUT2D eigenvalue weighted by Gasteiger charge is -2.12. The maximum absolute atomic E-state index is 14.2. The van der Waals surface area contributed by atoms with E-state index in [2.05, 4.69) is 31.2 Å². The molecule has 0 bridgehead atoms. The Kier molecular flexibility index (Phi) is 5.10. The van der Waals surface area contributed by atoms with Crippen LogP contribution >= 0.6 is 0 Å². The number of nitrogens with zero attached hydrogens (tertiary/aromatic N) is 5. The summed E-state index contributed by atoms with van der Waals surface area (Å²) in [4.78, 5) is 19.0. The SMILES string of the molecule is COc1cc(F)cc(-c2cncc3[nH]c(-c4n[nH]c5ccc(-c6cncc(N(C)C)c6)nc45)cc23)c1. The van der Waals surface area contributed by atoms with Gasteiger partial charge in [0.1, 0.15) is 22.8 Å². The zero-order valence-corrected chi connectivity index (χ0v) is 19.9. The Morgan fingerprint density at radius 3 is 2.58 bits per heavy atom. The van der Waals surface area contributed by atoms with Crippen LogP contribution in [0.1, 0.15) is 0 Å². The molecule has 5 aromatic heterocycles. The Morgan fingerprint density at radius 2 is 1.75 bits per heavy atom. The molecule has 0 spiro atoms. The first-order valence-electron chi connectivity index (χ1n) is 11.3. The number of nitrogens with one attached hydrogen (secondary N) is 2. The quantitative estimate of drug-likeness (QED) is 0.342. The van der Waals surface area contributed by atoms with Crippen molar-refractivity contribution in [1.29, 1.82) is 0 Å². The fourth-order valence-corrected chi connectivity index (χ4v) is 4.30. The summed E-state index contributed by atoms with van der Waals surface area (Å²) >= 11 is 0. The standard InChI is InChI=1S/C27H22FN7O/c1-35(2)18-7-16(11-29-12-18)22-4-5-23-26(32-22)27(34-33-23)24-10-20-21(13-30-14-25(20)31-24)15-6-17(28)9-19(8-15)36-3/h4-14,31H,1-3H3,(H,33,34). The molecule has 2 N–H and O–H groups in total. The summed E-state index contributed by atoms with van der Waals surface area (Å²) in [6, 6.07) is 12.6. The summed E-state index contributed by atoms with van der Waals surface area (Å²) < 4.78 is 19.5. The Bertz CT molecular complexity index is 1740. The number of H-pyrrole nitrogens is 2. The van der Waals surface area contributed by atoms with Crippen molar-refractivity contribution < 1.29 is 9.13 Å². The highest BCUT2D eigenvalue weighted by Crippen LogP contribution is 2.35. The number of halogens is 1. The van der Waals surface area contributed by atoms with E-state index in [0.29, 0.717) is 17.0 Å². The van der Waals surface area contributed by atoms with Crippen LogP contribution in [-0.4, -0.2) is 51.3 Å². The van der Waals surface area contributed by atoms with Gasteiger partial charge in [0, 0.05) is 49.1 Å². The molecule has 1 aromatic carbocycles. The number of benzene rings is 1. The van der Waals surface area contributed by atoms with Crippen LogP contribution in [0.4, 0.5) is 10.1 Å². The molecule has 36 heavy (non-hydrogen) atoms. The van der Waals surface area contributed by atoms with Crippen LogP contribution in [0, 0.1) is 5.82 Å². The summed E-state index contributed by atoms with van der Waals surface area (Å²) in [5.41, 5.74) is 7.98. The third kappa shape index (κ3) is 3.70. The van der Waals surface area contributed by atoms with Gasteiger partial charge in [-0.3, -0.25) is 15.1 Å². The van der Waals surface area contributed by atoms with E-state index in [1.165, 1.54) is 19.2 Å². The average molecular weight is 480 g/mol. The van der Waals surface area contributed by atoms with E-state index in [1.54, 1.807) is 24.7 Å². The Hall–Kier alpha value is -4.79. The minimum Gasteiger partial charge on any atom is -0.497 e. The molecule has 178 valence electrons. The molecular formula is C27H22FN7O. The molecule has 0 aliphatic heterocycles. The number of anilines is 1. The monoisotopic (exact) mass is 479 g/mol. The molecule has 9 heteroatoms. The zero-order valence-electron chi connectivity index (χ0n) is 19.9. The predicted octanol–water partition coefficient (Wildman–Crippen LogP) is 5.44. The molecule has 8 nitrogen and oxygen atoms in total. The van der Waals surface area contributed by atoms with Gasteiger partial charge < -0.3 is 14.6 Å². The Balaban J connectivity index is 1.47. The predicted molar refractivity (Wildman–Crippen MR) is 138 cm³/mol. The van der Waals surface area contributed by atoms with Crippen molar-refractivity contribution in [2.24, 2.45) is 0 Å². The van der Waals surface area contributed by atoms with Crippen molar-refractivity contribution in [2.75, 3.05) is 26.1 Å². The molecule has 6 rings (SSSR count). The number of rotatable bonds is 5. The third-order valence-corrected chi connectivity index (χ3v) is 6.16. The molecule has 0 aliphatic carbocycles. The normalized spacial score (nSPS) is 11.3.